The topological polar surface area (TPSA) is 97.0 Å². The van der Waals surface area contributed by atoms with Crippen LogP contribution in [-0.4, -0.2) is 42.5 Å². The number of ether oxygens (including phenoxy) is 2. The highest BCUT2D eigenvalue weighted by atomic mass is 35.5. The van der Waals surface area contributed by atoms with Crippen LogP contribution in [0.25, 0.3) is 0 Å². The van der Waals surface area contributed by atoms with Gasteiger partial charge in [0.15, 0.2) is 11.5 Å². The van der Waals surface area contributed by atoms with Crippen LogP contribution >= 0.6 is 11.6 Å². The third-order valence-corrected chi connectivity index (χ3v) is 7.18. The summed E-state index contributed by atoms with van der Waals surface area (Å²) in [5.74, 6) is 0.489. The lowest BCUT2D eigenvalue weighted by atomic mass is 9.87. The second-order valence-electron chi connectivity index (χ2n) is 9.15. The Kier molecular flexibility index (Phi) is 5.64. The minimum Gasteiger partial charge on any atom is -0.486 e. The predicted octanol–water partition coefficient (Wildman–Crippen LogP) is 3.46. The second kappa shape index (κ2) is 8.51. The molecule has 2 aromatic carbocycles. The fourth-order valence-corrected chi connectivity index (χ4v) is 5.20. The Morgan fingerprint density at radius 3 is 2.38 bits per heavy atom. The van der Waals surface area contributed by atoms with Crippen LogP contribution in [-0.2, 0) is 20.7 Å². The highest BCUT2D eigenvalue weighted by Crippen LogP contribution is 2.42. The Morgan fingerprint density at radius 2 is 1.68 bits per heavy atom. The monoisotopic (exact) mass is 483 g/mol. The lowest BCUT2D eigenvalue weighted by molar-refractivity contribution is -0.135. The van der Waals surface area contributed by atoms with Crippen molar-refractivity contribution in [2.75, 3.05) is 19.8 Å². The lowest BCUT2D eigenvalue weighted by Gasteiger charge is -2.32. The van der Waals surface area contributed by atoms with Crippen molar-refractivity contribution in [2.45, 2.75) is 43.7 Å². The zero-order chi connectivity index (χ0) is 23.9. The van der Waals surface area contributed by atoms with E-state index in [-0.39, 0.29) is 12.5 Å². The molecule has 0 radical (unpaired) electrons. The average Bonchev–Trinajstić information content (AvgIpc) is 3.39. The van der Waals surface area contributed by atoms with E-state index >= 15 is 0 Å². The van der Waals surface area contributed by atoms with Gasteiger partial charge in [0, 0.05) is 5.02 Å². The zero-order valence-corrected chi connectivity index (χ0v) is 19.6. The van der Waals surface area contributed by atoms with Gasteiger partial charge < -0.3 is 20.1 Å². The standard InChI is InChI=1S/C25H26ClN3O5/c1-24(16-4-7-18(26)8-5-16)22(31)29(23(32)28-24)15-21(30)27-25(10-2-3-11-25)17-6-9-19-20(14-17)34-13-12-33-19/h4-9,14H,2-3,10-13,15H2,1H3,(H,27,30)(H,28,32). The van der Waals surface area contributed by atoms with E-state index in [2.05, 4.69) is 10.6 Å². The van der Waals surface area contributed by atoms with E-state index < -0.39 is 23.0 Å². The van der Waals surface area contributed by atoms with Crippen LogP contribution in [0.3, 0.4) is 0 Å². The molecular formula is C25H26ClN3O5. The molecule has 8 nitrogen and oxygen atoms in total. The first-order chi connectivity index (χ1) is 16.3. The number of hydrogen-bond acceptors (Lipinski definition) is 5. The van der Waals surface area contributed by atoms with Crippen LogP contribution < -0.4 is 20.1 Å². The summed E-state index contributed by atoms with van der Waals surface area (Å²) < 4.78 is 11.4. The molecule has 3 aliphatic rings. The number of imide groups is 1. The fraction of sp³-hybridized carbons (Fsp3) is 0.400. The molecule has 2 N–H and O–H groups in total. The zero-order valence-electron chi connectivity index (χ0n) is 18.9. The van der Waals surface area contributed by atoms with E-state index in [4.69, 9.17) is 21.1 Å². The van der Waals surface area contributed by atoms with Crippen LogP contribution in [0.5, 0.6) is 11.5 Å². The molecule has 2 heterocycles. The van der Waals surface area contributed by atoms with E-state index in [9.17, 15) is 14.4 Å². The number of rotatable bonds is 5. The van der Waals surface area contributed by atoms with Crippen molar-refractivity contribution in [2.24, 2.45) is 0 Å². The van der Waals surface area contributed by atoms with Gasteiger partial charge in [-0.05, 0) is 55.2 Å². The third-order valence-electron chi connectivity index (χ3n) is 6.93. The molecule has 0 spiro atoms. The SMILES string of the molecule is CC1(c2ccc(Cl)cc2)NC(=O)N(CC(=O)NC2(c3ccc4c(c3)OCCO4)CCCC2)C1=O. The third kappa shape index (κ3) is 3.86. The molecule has 0 bridgehead atoms. The van der Waals surface area contributed by atoms with E-state index in [0.29, 0.717) is 35.3 Å². The van der Waals surface area contributed by atoms with Gasteiger partial charge in [-0.1, -0.05) is 42.6 Å². The number of carbonyl (C=O) groups excluding carboxylic acids is 3. The average molecular weight is 484 g/mol. The summed E-state index contributed by atoms with van der Waals surface area (Å²) in [5.41, 5.74) is -0.304. The van der Waals surface area contributed by atoms with Gasteiger partial charge in [0.25, 0.3) is 5.91 Å². The van der Waals surface area contributed by atoms with Crippen molar-refractivity contribution in [3.63, 3.8) is 0 Å². The van der Waals surface area contributed by atoms with Crippen LogP contribution in [0.4, 0.5) is 4.79 Å². The molecule has 1 unspecified atom stereocenters. The van der Waals surface area contributed by atoms with E-state index in [1.54, 1.807) is 31.2 Å². The number of hydrogen-bond donors (Lipinski definition) is 2. The number of benzene rings is 2. The maximum absolute atomic E-state index is 13.2. The molecule has 4 amide bonds. The Balaban J connectivity index is 1.34. The van der Waals surface area contributed by atoms with Gasteiger partial charge in [0.1, 0.15) is 25.3 Å². The summed E-state index contributed by atoms with van der Waals surface area (Å²) in [7, 11) is 0. The molecule has 2 aliphatic heterocycles. The summed E-state index contributed by atoms with van der Waals surface area (Å²) in [6, 6.07) is 11.8. The Bertz CT molecular complexity index is 1150. The van der Waals surface area contributed by atoms with Gasteiger partial charge >= 0.3 is 6.03 Å². The second-order valence-corrected chi connectivity index (χ2v) is 9.59. The van der Waals surface area contributed by atoms with Gasteiger partial charge in [-0.3, -0.25) is 14.5 Å². The smallest absolute Gasteiger partial charge is 0.325 e. The molecule has 34 heavy (non-hydrogen) atoms. The van der Waals surface area contributed by atoms with Gasteiger partial charge in [-0.25, -0.2) is 4.79 Å². The first-order valence-corrected chi connectivity index (χ1v) is 11.8. The van der Waals surface area contributed by atoms with Crippen molar-refractivity contribution in [1.82, 2.24) is 15.5 Å². The maximum atomic E-state index is 13.2. The summed E-state index contributed by atoms with van der Waals surface area (Å²) in [5, 5.41) is 6.38. The largest absolute Gasteiger partial charge is 0.486 e. The van der Waals surface area contributed by atoms with Gasteiger partial charge in [0.05, 0.1) is 5.54 Å². The van der Waals surface area contributed by atoms with Gasteiger partial charge in [-0.15, -0.1) is 0 Å². The minimum atomic E-state index is -1.26. The fourth-order valence-electron chi connectivity index (χ4n) is 5.07. The quantitative estimate of drug-likeness (QED) is 0.635. The molecule has 2 aromatic rings. The highest BCUT2D eigenvalue weighted by molar-refractivity contribution is 6.30. The van der Waals surface area contributed by atoms with Crippen molar-refractivity contribution in [1.29, 1.82) is 0 Å². The van der Waals surface area contributed by atoms with Gasteiger partial charge in [0.2, 0.25) is 5.91 Å². The Hall–Kier alpha value is -3.26. The summed E-state index contributed by atoms with van der Waals surface area (Å²) >= 11 is 5.96. The van der Waals surface area contributed by atoms with Crippen LogP contribution in [0.15, 0.2) is 42.5 Å². The molecule has 1 atom stereocenters. The summed E-state index contributed by atoms with van der Waals surface area (Å²) in [6.07, 6.45) is 3.46. The molecular weight excluding hydrogens is 458 g/mol. The van der Waals surface area contributed by atoms with E-state index in [0.717, 1.165) is 36.1 Å². The Labute approximate surface area is 202 Å². The first-order valence-electron chi connectivity index (χ1n) is 11.4. The van der Waals surface area contributed by atoms with Crippen LogP contribution in [0, 0.1) is 0 Å². The minimum absolute atomic E-state index is 0.361. The Morgan fingerprint density at radius 1 is 1.03 bits per heavy atom. The van der Waals surface area contributed by atoms with Crippen LogP contribution in [0.1, 0.15) is 43.7 Å². The van der Waals surface area contributed by atoms with Crippen molar-refractivity contribution in [3.05, 3.63) is 58.6 Å². The van der Waals surface area contributed by atoms with E-state index in [1.165, 1.54) is 0 Å². The number of carbonyl (C=O) groups is 3. The summed E-state index contributed by atoms with van der Waals surface area (Å²) in [6.45, 7) is 2.26. The highest BCUT2D eigenvalue weighted by Gasteiger charge is 2.50. The number of nitrogens with one attached hydrogen (secondary N) is 2. The number of urea groups is 1. The normalized spacial score (nSPS) is 23.1. The molecule has 178 valence electrons. The van der Waals surface area contributed by atoms with Crippen LogP contribution in [0.2, 0.25) is 5.02 Å². The van der Waals surface area contributed by atoms with Crippen molar-refractivity contribution >= 4 is 29.4 Å². The maximum Gasteiger partial charge on any atom is 0.325 e. The predicted molar refractivity (Wildman–Crippen MR) is 125 cm³/mol. The summed E-state index contributed by atoms with van der Waals surface area (Å²) in [4.78, 5) is 40.0. The molecule has 1 aliphatic carbocycles. The number of halogens is 1. The number of nitrogens with zero attached hydrogens (tertiary/aromatic N) is 1. The van der Waals surface area contributed by atoms with Gasteiger partial charge in [-0.2, -0.15) is 0 Å². The van der Waals surface area contributed by atoms with Crippen molar-refractivity contribution in [3.8, 4) is 11.5 Å². The molecule has 5 rings (SSSR count). The lowest BCUT2D eigenvalue weighted by Crippen LogP contribution is -2.49. The molecule has 2 fully saturated rings. The molecule has 9 heteroatoms. The number of amides is 4. The van der Waals surface area contributed by atoms with Crippen molar-refractivity contribution < 1.29 is 23.9 Å². The molecule has 1 saturated heterocycles. The molecule has 0 aromatic heterocycles. The van der Waals surface area contributed by atoms with E-state index in [1.807, 2.05) is 18.2 Å². The molecule has 1 saturated carbocycles. The number of fused-ring (bicyclic) bond motifs is 1. The first kappa shape index (κ1) is 22.5.